The van der Waals surface area contributed by atoms with Crippen molar-refractivity contribution >= 4 is 11.9 Å². The maximum atomic E-state index is 5.58. The maximum Gasteiger partial charge on any atom is 0.323 e. The number of hydrogen-bond donors (Lipinski definition) is 2. The molecule has 0 unspecified atom stereocenters. The van der Waals surface area contributed by atoms with Crippen molar-refractivity contribution in [2.24, 2.45) is 17.8 Å². The predicted molar refractivity (Wildman–Crippen MR) is 82.6 cm³/mol. The van der Waals surface area contributed by atoms with Crippen molar-refractivity contribution < 1.29 is 4.74 Å². The van der Waals surface area contributed by atoms with Crippen molar-refractivity contribution in [1.82, 2.24) is 15.0 Å². The van der Waals surface area contributed by atoms with Crippen LogP contribution in [0.1, 0.15) is 39.5 Å². The van der Waals surface area contributed by atoms with Crippen molar-refractivity contribution in [3.8, 4) is 6.01 Å². The lowest BCUT2D eigenvalue weighted by Crippen LogP contribution is -2.20. The molecule has 0 aliphatic heterocycles. The third-order valence-electron chi connectivity index (χ3n) is 4.13. The lowest BCUT2D eigenvalue weighted by Gasteiger charge is -2.17. The van der Waals surface area contributed by atoms with Gasteiger partial charge in [-0.05, 0) is 57.3 Å². The topological polar surface area (TPSA) is 72.0 Å². The molecule has 0 amide bonds. The van der Waals surface area contributed by atoms with E-state index in [0.29, 0.717) is 17.9 Å². The van der Waals surface area contributed by atoms with E-state index in [1.165, 1.54) is 25.7 Å². The molecule has 2 N–H and O–H groups in total. The number of ether oxygens (including phenoxy) is 1. The predicted octanol–water partition coefficient (Wildman–Crippen LogP) is 2.55. The summed E-state index contributed by atoms with van der Waals surface area (Å²) in [7, 11) is 1.80. The second kappa shape index (κ2) is 6.03. The first-order valence-electron chi connectivity index (χ1n) is 8.00. The summed E-state index contributed by atoms with van der Waals surface area (Å²) in [6.07, 6.45) is 5.62. The van der Waals surface area contributed by atoms with Crippen LogP contribution in [-0.4, -0.2) is 34.6 Å². The summed E-state index contributed by atoms with van der Waals surface area (Å²) in [5.41, 5.74) is 0. The molecule has 1 aromatic rings. The molecule has 0 aromatic carbocycles. The number of nitrogens with one attached hydrogen (secondary N) is 2. The van der Waals surface area contributed by atoms with Crippen LogP contribution in [0.25, 0.3) is 0 Å². The normalized spacial score (nSPS) is 18.1. The maximum absolute atomic E-state index is 5.58. The first-order valence-corrected chi connectivity index (χ1v) is 8.00. The fourth-order valence-electron chi connectivity index (χ4n) is 2.79. The van der Waals surface area contributed by atoms with Crippen molar-refractivity contribution in [1.29, 1.82) is 0 Å². The summed E-state index contributed by atoms with van der Waals surface area (Å²) >= 11 is 0. The standard InChI is InChI=1S/C15H25N5O/c1-9(2)21-15-19-13(16-3)18-14(20-15)17-8-12(10-4-5-10)11-6-7-11/h9-12H,4-8H2,1-3H3,(H2,16,17,18,19,20). The third-order valence-corrected chi connectivity index (χ3v) is 4.13. The van der Waals surface area contributed by atoms with Gasteiger partial charge < -0.3 is 15.4 Å². The SMILES string of the molecule is CNc1nc(NCC(C2CC2)C2CC2)nc(OC(C)C)n1. The summed E-state index contributed by atoms with van der Waals surface area (Å²) in [6, 6.07) is 0.376. The van der Waals surface area contributed by atoms with Crippen LogP contribution in [-0.2, 0) is 0 Å². The molecule has 2 aliphatic carbocycles. The summed E-state index contributed by atoms with van der Waals surface area (Å²) in [6.45, 7) is 4.89. The van der Waals surface area contributed by atoms with Gasteiger partial charge in [0.05, 0.1) is 6.10 Å². The van der Waals surface area contributed by atoms with E-state index < -0.39 is 0 Å². The van der Waals surface area contributed by atoms with Gasteiger partial charge >= 0.3 is 6.01 Å². The zero-order valence-electron chi connectivity index (χ0n) is 13.1. The fourth-order valence-corrected chi connectivity index (χ4v) is 2.79. The lowest BCUT2D eigenvalue weighted by molar-refractivity contribution is 0.222. The first-order chi connectivity index (χ1) is 10.2. The van der Waals surface area contributed by atoms with Crippen molar-refractivity contribution in [3.05, 3.63) is 0 Å². The Morgan fingerprint density at radius 2 is 1.67 bits per heavy atom. The van der Waals surface area contributed by atoms with E-state index in [-0.39, 0.29) is 6.10 Å². The molecule has 2 aliphatic rings. The minimum atomic E-state index is 0.0515. The molecule has 6 nitrogen and oxygen atoms in total. The second-order valence-electron chi connectivity index (χ2n) is 6.40. The largest absolute Gasteiger partial charge is 0.461 e. The van der Waals surface area contributed by atoms with Crippen molar-refractivity contribution in [3.63, 3.8) is 0 Å². The van der Waals surface area contributed by atoms with Gasteiger partial charge in [0.15, 0.2) is 0 Å². The number of nitrogens with zero attached hydrogens (tertiary/aromatic N) is 3. The number of aromatic nitrogens is 3. The van der Waals surface area contributed by atoms with Gasteiger partial charge in [-0.2, -0.15) is 15.0 Å². The van der Waals surface area contributed by atoms with E-state index in [4.69, 9.17) is 4.74 Å². The molecular weight excluding hydrogens is 266 g/mol. The van der Waals surface area contributed by atoms with Crippen LogP contribution in [0.5, 0.6) is 6.01 Å². The molecule has 2 saturated carbocycles. The van der Waals surface area contributed by atoms with Crippen LogP contribution < -0.4 is 15.4 Å². The van der Waals surface area contributed by atoms with Gasteiger partial charge in [-0.3, -0.25) is 0 Å². The molecule has 2 fully saturated rings. The minimum absolute atomic E-state index is 0.0515. The van der Waals surface area contributed by atoms with E-state index in [0.717, 1.165) is 24.3 Å². The average Bonchev–Trinajstić information content (AvgIpc) is 3.31. The van der Waals surface area contributed by atoms with Crippen LogP contribution in [0.4, 0.5) is 11.9 Å². The van der Waals surface area contributed by atoms with Crippen molar-refractivity contribution in [2.45, 2.75) is 45.6 Å². The molecular formula is C15H25N5O. The molecule has 0 radical (unpaired) electrons. The van der Waals surface area contributed by atoms with Crippen LogP contribution in [0, 0.1) is 17.8 Å². The van der Waals surface area contributed by atoms with Gasteiger partial charge in [0.2, 0.25) is 11.9 Å². The molecule has 0 saturated heterocycles. The zero-order valence-corrected chi connectivity index (χ0v) is 13.1. The van der Waals surface area contributed by atoms with Gasteiger partial charge in [0.1, 0.15) is 0 Å². The Bertz CT molecular complexity index is 473. The van der Waals surface area contributed by atoms with E-state index in [1.54, 1.807) is 7.05 Å². The average molecular weight is 291 g/mol. The van der Waals surface area contributed by atoms with Crippen LogP contribution in [0.15, 0.2) is 0 Å². The number of hydrogen-bond acceptors (Lipinski definition) is 6. The Kier molecular flexibility index (Phi) is 4.12. The molecule has 6 heteroatoms. The van der Waals surface area contributed by atoms with E-state index >= 15 is 0 Å². The Morgan fingerprint density at radius 3 is 2.19 bits per heavy atom. The lowest BCUT2D eigenvalue weighted by atomic mass is 9.98. The summed E-state index contributed by atoms with van der Waals surface area (Å²) in [5, 5.41) is 6.35. The monoisotopic (exact) mass is 291 g/mol. The molecule has 1 heterocycles. The van der Waals surface area contributed by atoms with Crippen molar-refractivity contribution in [2.75, 3.05) is 24.2 Å². The summed E-state index contributed by atoms with van der Waals surface area (Å²) < 4.78 is 5.58. The minimum Gasteiger partial charge on any atom is -0.461 e. The number of rotatable bonds is 8. The molecule has 0 atom stereocenters. The zero-order chi connectivity index (χ0) is 14.8. The Morgan fingerprint density at radius 1 is 1.05 bits per heavy atom. The van der Waals surface area contributed by atoms with Gasteiger partial charge in [0.25, 0.3) is 0 Å². The summed E-state index contributed by atoms with van der Waals surface area (Å²) in [4.78, 5) is 12.9. The Labute approximate surface area is 126 Å². The van der Waals surface area contributed by atoms with E-state index in [2.05, 4.69) is 25.6 Å². The summed E-state index contributed by atoms with van der Waals surface area (Å²) in [5.74, 6) is 3.77. The van der Waals surface area contributed by atoms with Gasteiger partial charge in [-0.25, -0.2) is 0 Å². The molecule has 0 spiro atoms. The first kappa shape index (κ1) is 14.4. The molecule has 21 heavy (non-hydrogen) atoms. The number of anilines is 2. The van der Waals surface area contributed by atoms with Crippen LogP contribution in [0.2, 0.25) is 0 Å². The van der Waals surface area contributed by atoms with Crippen LogP contribution in [0.3, 0.4) is 0 Å². The highest BCUT2D eigenvalue weighted by molar-refractivity contribution is 5.35. The highest BCUT2D eigenvalue weighted by atomic mass is 16.5. The Balaban J connectivity index is 1.65. The van der Waals surface area contributed by atoms with E-state index in [9.17, 15) is 0 Å². The third kappa shape index (κ3) is 3.95. The van der Waals surface area contributed by atoms with E-state index in [1.807, 2.05) is 13.8 Å². The van der Waals surface area contributed by atoms with Gasteiger partial charge in [-0.1, -0.05) is 0 Å². The van der Waals surface area contributed by atoms with Gasteiger partial charge in [0, 0.05) is 13.6 Å². The highest BCUT2D eigenvalue weighted by Crippen LogP contribution is 2.49. The molecule has 0 bridgehead atoms. The smallest absolute Gasteiger partial charge is 0.323 e. The fraction of sp³-hybridized carbons (Fsp3) is 0.800. The Hall–Kier alpha value is -1.59. The molecule has 116 valence electrons. The quantitative estimate of drug-likeness (QED) is 0.767. The molecule has 1 aromatic heterocycles. The highest BCUT2D eigenvalue weighted by Gasteiger charge is 2.41. The van der Waals surface area contributed by atoms with Gasteiger partial charge in [-0.15, -0.1) is 0 Å². The second-order valence-corrected chi connectivity index (χ2v) is 6.40. The van der Waals surface area contributed by atoms with Crippen LogP contribution >= 0.6 is 0 Å². The molecule has 3 rings (SSSR count).